The van der Waals surface area contributed by atoms with Crippen LogP contribution in [0.1, 0.15) is 201 Å². The van der Waals surface area contributed by atoms with Gasteiger partial charge in [0.2, 0.25) is 0 Å². The lowest BCUT2D eigenvalue weighted by Gasteiger charge is -2.35. The Kier molecular flexibility index (Phi) is 27.5. The van der Waals surface area contributed by atoms with E-state index in [0.29, 0.717) is 0 Å². The van der Waals surface area contributed by atoms with E-state index in [9.17, 15) is 0 Å². The summed E-state index contributed by atoms with van der Waals surface area (Å²) in [6.45, 7) is 10.3. The first kappa shape index (κ1) is 34.0. The molecule has 0 saturated carbocycles. The van der Waals surface area contributed by atoms with Crippen molar-refractivity contribution in [2.45, 2.75) is 207 Å². The van der Waals surface area contributed by atoms with Crippen molar-refractivity contribution in [3.05, 3.63) is 0 Å². The summed E-state index contributed by atoms with van der Waals surface area (Å²) in [7, 11) is 0. The lowest BCUT2D eigenvalue weighted by Crippen LogP contribution is -2.33. The van der Waals surface area contributed by atoms with Crippen molar-refractivity contribution in [2.75, 3.05) is 6.61 Å². The van der Waals surface area contributed by atoms with Crippen LogP contribution in [-0.2, 0) is 4.74 Å². The molecule has 0 aliphatic rings. The molecule has 1 nitrogen and oxygen atoms in total. The first-order valence-corrected chi connectivity index (χ1v) is 16.4. The molecule has 0 amide bonds. The van der Waals surface area contributed by atoms with Crippen LogP contribution < -0.4 is 0 Å². The molecular weight excluding hydrogens is 412 g/mol. The fourth-order valence-electron chi connectivity index (χ4n) is 5.56. The van der Waals surface area contributed by atoms with E-state index in [1.807, 2.05) is 0 Å². The number of hydrogen-bond donors (Lipinski definition) is 0. The molecule has 0 aromatic carbocycles. The Labute approximate surface area is 218 Å². The topological polar surface area (TPSA) is 9.23 Å². The smallest absolute Gasteiger partial charge is 0.0682 e. The van der Waals surface area contributed by atoms with Crippen molar-refractivity contribution >= 4 is 0 Å². The molecule has 0 rings (SSSR count). The number of ether oxygens (including phenoxy) is 1. The summed E-state index contributed by atoms with van der Waals surface area (Å²) in [5.41, 5.74) is 0.182. The van der Waals surface area contributed by atoms with Crippen LogP contribution >= 0.6 is 0 Å². The van der Waals surface area contributed by atoms with Gasteiger partial charge in [-0.05, 0) is 25.7 Å². The van der Waals surface area contributed by atoms with Crippen LogP contribution in [0.15, 0.2) is 0 Å². The van der Waals surface area contributed by atoms with Gasteiger partial charge >= 0.3 is 0 Å². The quantitative estimate of drug-likeness (QED) is 0.0967. The Morgan fingerprint density at radius 1 is 0.324 bits per heavy atom. The van der Waals surface area contributed by atoms with E-state index >= 15 is 0 Å². The molecule has 206 valence electrons. The van der Waals surface area contributed by atoms with Gasteiger partial charge in [-0.15, -0.1) is 0 Å². The average molecular weight is 481 g/mol. The third kappa shape index (κ3) is 22.4. The summed E-state index contributed by atoms with van der Waals surface area (Å²) in [6, 6.07) is 0. The van der Waals surface area contributed by atoms with Crippen LogP contribution in [0.4, 0.5) is 0 Å². The van der Waals surface area contributed by atoms with Crippen LogP contribution in [-0.4, -0.2) is 12.2 Å². The molecule has 0 aliphatic heterocycles. The molecule has 0 heterocycles. The molecule has 0 N–H and O–H groups in total. The van der Waals surface area contributed by atoms with Gasteiger partial charge in [0.1, 0.15) is 0 Å². The highest BCUT2D eigenvalue weighted by atomic mass is 16.5. The fraction of sp³-hybridized carbons (Fsp3) is 1.00. The zero-order valence-corrected chi connectivity index (χ0v) is 24.7. The van der Waals surface area contributed by atoms with Gasteiger partial charge in [-0.25, -0.2) is 0 Å². The zero-order valence-electron chi connectivity index (χ0n) is 24.7. The average Bonchev–Trinajstić information content (AvgIpc) is 2.84. The largest absolute Gasteiger partial charge is 0.375 e. The molecule has 34 heavy (non-hydrogen) atoms. The van der Waals surface area contributed by atoms with Crippen molar-refractivity contribution in [3.63, 3.8) is 0 Å². The summed E-state index contributed by atoms with van der Waals surface area (Å²) in [5.74, 6) is 0. The second-order valence-corrected chi connectivity index (χ2v) is 11.4. The first-order chi connectivity index (χ1) is 16.7. The normalized spacial score (nSPS) is 13.4. The van der Waals surface area contributed by atoms with Crippen LogP contribution in [0.5, 0.6) is 0 Å². The molecule has 0 aliphatic carbocycles. The van der Waals surface area contributed by atoms with E-state index in [-0.39, 0.29) is 5.60 Å². The van der Waals surface area contributed by atoms with Gasteiger partial charge in [0, 0.05) is 6.61 Å². The maximum Gasteiger partial charge on any atom is 0.0682 e. The van der Waals surface area contributed by atoms with Crippen LogP contribution in [0.25, 0.3) is 0 Å². The molecule has 1 unspecified atom stereocenters. The Hall–Kier alpha value is -0.0400. The number of rotatable bonds is 29. The van der Waals surface area contributed by atoms with E-state index in [1.54, 1.807) is 0 Å². The van der Waals surface area contributed by atoms with Crippen molar-refractivity contribution in [1.29, 1.82) is 0 Å². The van der Waals surface area contributed by atoms with Crippen LogP contribution in [0, 0.1) is 0 Å². The molecule has 0 aromatic rings. The number of unbranched alkanes of at least 4 members (excludes halogenated alkanes) is 20. The van der Waals surface area contributed by atoms with E-state index < -0.39 is 0 Å². The highest BCUT2D eigenvalue weighted by Gasteiger charge is 2.29. The second kappa shape index (κ2) is 27.5. The predicted octanol–water partition coefficient (Wildman–Crippen LogP) is 12.4. The molecular formula is C33H68O. The molecule has 0 fully saturated rings. The molecule has 1 heteroatoms. The van der Waals surface area contributed by atoms with Crippen molar-refractivity contribution < 1.29 is 4.74 Å². The summed E-state index contributed by atoms with van der Waals surface area (Å²) >= 11 is 0. The molecule has 0 bridgehead atoms. The van der Waals surface area contributed by atoms with Gasteiger partial charge in [0.25, 0.3) is 0 Å². The third-order valence-corrected chi connectivity index (χ3v) is 7.83. The summed E-state index contributed by atoms with van der Waals surface area (Å²) < 4.78 is 6.82. The maximum absolute atomic E-state index is 6.82. The first-order valence-electron chi connectivity index (χ1n) is 16.4. The minimum absolute atomic E-state index is 0.182. The van der Waals surface area contributed by atoms with Crippen molar-refractivity contribution in [3.8, 4) is 0 Å². The van der Waals surface area contributed by atoms with E-state index in [1.165, 1.54) is 173 Å². The molecule has 0 aromatic heterocycles. The standard InChI is InChI=1S/C33H68O/c1-5-9-12-15-18-21-24-27-31-33(29-8-4,30-26-23-20-17-14-11-7-3)34-32-28-25-22-19-16-13-10-6-2/h5-32H2,1-4H3. The Morgan fingerprint density at radius 2 is 0.647 bits per heavy atom. The highest BCUT2D eigenvalue weighted by Crippen LogP contribution is 2.32. The molecule has 0 spiro atoms. The SMILES string of the molecule is CCCCCCCCCCOC(CCC)(CCCCCCCCC)CCCCCCCCCC. The van der Waals surface area contributed by atoms with Crippen LogP contribution in [0.3, 0.4) is 0 Å². The van der Waals surface area contributed by atoms with E-state index in [4.69, 9.17) is 4.74 Å². The Bertz CT molecular complexity index is 366. The van der Waals surface area contributed by atoms with Crippen molar-refractivity contribution in [1.82, 2.24) is 0 Å². The van der Waals surface area contributed by atoms with Gasteiger partial charge in [-0.2, -0.15) is 0 Å². The summed E-state index contributed by atoms with van der Waals surface area (Å²) in [5, 5.41) is 0. The van der Waals surface area contributed by atoms with E-state index in [2.05, 4.69) is 27.7 Å². The Balaban J connectivity index is 4.36. The number of hydrogen-bond acceptors (Lipinski definition) is 1. The molecule has 0 radical (unpaired) electrons. The van der Waals surface area contributed by atoms with Crippen LogP contribution in [0.2, 0.25) is 0 Å². The summed E-state index contributed by atoms with van der Waals surface area (Å²) in [4.78, 5) is 0. The third-order valence-electron chi connectivity index (χ3n) is 7.83. The molecule has 0 saturated heterocycles. The van der Waals surface area contributed by atoms with E-state index in [0.717, 1.165) is 6.61 Å². The monoisotopic (exact) mass is 481 g/mol. The maximum atomic E-state index is 6.82. The van der Waals surface area contributed by atoms with Crippen molar-refractivity contribution in [2.24, 2.45) is 0 Å². The lowest BCUT2D eigenvalue weighted by molar-refractivity contribution is -0.0684. The van der Waals surface area contributed by atoms with Gasteiger partial charge in [-0.3, -0.25) is 0 Å². The van der Waals surface area contributed by atoms with Gasteiger partial charge < -0.3 is 4.74 Å². The Morgan fingerprint density at radius 3 is 1.00 bits per heavy atom. The van der Waals surface area contributed by atoms with Gasteiger partial charge in [-0.1, -0.05) is 175 Å². The summed E-state index contributed by atoms with van der Waals surface area (Å²) in [6.07, 6.45) is 37.4. The van der Waals surface area contributed by atoms with Gasteiger partial charge in [0.15, 0.2) is 0 Å². The lowest BCUT2D eigenvalue weighted by atomic mass is 9.85. The van der Waals surface area contributed by atoms with Gasteiger partial charge in [0.05, 0.1) is 5.60 Å². The fourth-order valence-corrected chi connectivity index (χ4v) is 5.56. The minimum Gasteiger partial charge on any atom is -0.375 e. The predicted molar refractivity (Wildman–Crippen MR) is 156 cm³/mol. The molecule has 1 atom stereocenters. The minimum atomic E-state index is 0.182. The second-order valence-electron chi connectivity index (χ2n) is 11.4. The highest BCUT2D eigenvalue weighted by molar-refractivity contribution is 4.81. The zero-order chi connectivity index (χ0) is 25.0.